The number of anilines is 1. The minimum Gasteiger partial charge on any atom is -0.497 e. The zero-order chi connectivity index (χ0) is 27.8. The highest BCUT2D eigenvalue weighted by molar-refractivity contribution is 6.10. The highest BCUT2D eigenvalue weighted by atomic mass is 16.5. The van der Waals surface area contributed by atoms with Crippen molar-refractivity contribution in [1.82, 2.24) is 0 Å². The van der Waals surface area contributed by atoms with Gasteiger partial charge in [0.15, 0.2) is 16.9 Å². The molecule has 5 aromatic rings. The molecule has 0 spiro atoms. The van der Waals surface area contributed by atoms with Crippen molar-refractivity contribution in [3.8, 4) is 17.2 Å². The molecular formula is C33H27NO6. The quantitative estimate of drug-likeness (QED) is 0.239. The lowest BCUT2D eigenvalue weighted by Gasteiger charge is -2.26. The fourth-order valence-corrected chi connectivity index (χ4v) is 5.14. The van der Waals surface area contributed by atoms with Crippen LogP contribution >= 0.6 is 0 Å². The van der Waals surface area contributed by atoms with E-state index in [1.54, 1.807) is 61.6 Å². The summed E-state index contributed by atoms with van der Waals surface area (Å²) in [5, 5.41) is 0.429. The summed E-state index contributed by atoms with van der Waals surface area (Å²) in [6.45, 7) is 2.28. The van der Waals surface area contributed by atoms with Crippen molar-refractivity contribution in [2.75, 3.05) is 19.1 Å². The number of carbonyl (C=O) groups is 1. The molecule has 1 aliphatic heterocycles. The molecule has 40 heavy (non-hydrogen) atoms. The van der Waals surface area contributed by atoms with Gasteiger partial charge in [-0.1, -0.05) is 54.1 Å². The Hall–Kier alpha value is -5.04. The number of ether oxygens (including phenoxy) is 3. The van der Waals surface area contributed by atoms with E-state index in [0.717, 1.165) is 11.1 Å². The van der Waals surface area contributed by atoms with E-state index >= 15 is 0 Å². The van der Waals surface area contributed by atoms with Crippen LogP contribution < -0.4 is 24.5 Å². The Morgan fingerprint density at radius 2 is 1.65 bits per heavy atom. The third kappa shape index (κ3) is 4.35. The van der Waals surface area contributed by atoms with Gasteiger partial charge < -0.3 is 18.6 Å². The molecule has 0 N–H and O–H groups in total. The second-order valence-corrected chi connectivity index (χ2v) is 9.64. The molecular weight excluding hydrogens is 506 g/mol. The second-order valence-electron chi connectivity index (χ2n) is 9.64. The van der Waals surface area contributed by atoms with Gasteiger partial charge in [0.05, 0.1) is 31.2 Å². The molecule has 7 heteroatoms. The molecule has 2 heterocycles. The molecule has 1 aliphatic rings. The number of amides is 1. The van der Waals surface area contributed by atoms with Crippen LogP contribution in [0.4, 0.5) is 5.69 Å². The van der Waals surface area contributed by atoms with E-state index < -0.39 is 11.9 Å². The Labute approximate surface area is 231 Å². The van der Waals surface area contributed by atoms with Crippen LogP contribution in [-0.2, 0) is 6.61 Å². The molecule has 1 unspecified atom stereocenters. The van der Waals surface area contributed by atoms with Gasteiger partial charge >= 0.3 is 0 Å². The number of hydrogen-bond acceptors (Lipinski definition) is 6. The Kier molecular flexibility index (Phi) is 6.48. The number of methoxy groups -OCH3 is 2. The van der Waals surface area contributed by atoms with Crippen LogP contribution in [0.2, 0.25) is 0 Å². The first-order chi connectivity index (χ1) is 19.5. The Balaban J connectivity index is 1.50. The van der Waals surface area contributed by atoms with E-state index in [0.29, 0.717) is 46.1 Å². The van der Waals surface area contributed by atoms with Gasteiger partial charge in [0.2, 0.25) is 5.76 Å². The average Bonchev–Trinajstić information content (AvgIpc) is 3.29. The highest BCUT2D eigenvalue weighted by Gasteiger charge is 2.44. The largest absolute Gasteiger partial charge is 0.497 e. The summed E-state index contributed by atoms with van der Waals surface area (Å²) in [6.07, 6.45) is 0. The predicted octanol–water partition coefficient (Wildman–Crippen LogP) is 6.45. The number of benzene rings is 4. The van der Waals surface area contributed by atoms with E-state index in [9.17, 15) is 9.59 Å². The fraction of sp³-hybridized carbons (Fsp3) is 0.152. The summed E-state index contributed by atoms with van der Waals surface area (Å²) >= 11 is 0. The lowest BCUT2D eigenvalue weighted by Crippen LogP contribution is -2.29. The van der Waals surface area contributed by atoms with Crippen LogP contribution in [-0.4, -0.2) is 20.1 Å². The topological polar surface area (TPSA) is 78.2 Å². The molecule has 0 radical (unpaired) electrons. The average molecular weight is 534 g/mol. The monoisotopic (exact) mass is 533 g/mol. The number of nitrogens with zero attached hydrogens (tertiary/aromatic N) is 1. The maximum absolute atomic E-state index is 14.0. The Morgan fingerprint density at radius 1 is 0.825 bits per heavy atom. The van der Waals surface area contributed by atoms with Gasteiger partial charge in [-0.25, -0.2) is 0 Å². The van der Waals surface area contributed by atoms with Crippen molar-refractivity contribution in [3.63, 3.8) is 0 Å². The summed E-state index contributed by atoms with van der Waals surface area (Å²) in [6, 6.07) is 27.1. The molecule has 0 aliphatic carbocycles. The van der Waals surface area contributed by atoms with E-state index in [4.69, 9.17) is 18.6 Å². The first-order valence-corrected chi connectivity index (χ1v) is 12.9. The Morgan fingerprint density at radius 3 is 2.42 bits per heavy atom. The van der Waals surface area contributed by atoms with Crippen LogP contribution in [0.3, 0.4) is 0 Å². The van der Waals surface area contributed by atoms with Gasteiger partial charge in [0, 0.05) is 11.8 Å². The SMILES string of the molecule is COc1cccc(N2C(=O)c3oc4ccc(C)cc4c(=O)c3C2c2ccc(OCc3ccccc3)c(OC)c2)c1. The number of hydrogen-bond donors (Lipinski definition) is 0. The molecule has 0 saturated heterocycles. The van der Waals surface area contributed by atoms with Crippen molar-refractivity contribution in [3.05, 3.63) is 129 Å². The fourth-order valence-electron chi connectivity index (χ4n) is 5.14. The zero-order valence-electron chi connectivity index (χ0n) is 22.3. The van der Waals surface area contributed by atoms with Crippen LogP contribution in [0.5, 0.6) is 17.2 Å². The zero-order valence-corrected chi connectivity index (χ0v) is 22.3. The van der Waals surface area contributed by atoms with E-state index in [-0.39, 0.29) is 16.8 Å². The summed E-state index contributed by atoms with van der Waals surface area (Å²) in [5.41, 5.74) is 3.61. The molecule has 0 saturated carbocycles. The lowest BCUT2D eigenvalue weighted by atomic mass is 9.97. The number of rotatable bonds is 7. The number of aryl methyl sites for hydroxylation is 1. The summed E-state index contributed by atoms with van der Waals surface area (Å²) in [7, 11) is 3.13. The van der Waals surface area contributed by atoms with Crippen molar-refractivity contribution in [1.29, 1.82) is 0 Å². The van der Waals surface area contributed by atoms with Gasteiger partial charge in [-0.2, -0.15) is 0 Å². The summed E-state index contributed by atoms with van der Waals surface area (Å²) < 4.78 is 23.3. The van der Waals surface area contributed by atoms with Crippen LogP contribution in [0.15, 0.2) is 100 Å². The normalized spacial score (nSPS) is 14.3. The Bertz CT molecular complexity index is 1790. The van der Waals surface area contributed by atoms with Gasteiger partial charge in [-0.3, -0.25) is 14.5 Å². The third-order valence-electron chi connectivity index (χ3n) is 7.10. The van der Waals surface area contributed by atoms with E-state index in [1.165, 1.54) is 0 Å². The predicted molar refractivity (Wildman–Crippen MR) is 153 cm³/mol. The molecule has 4 aromatic carbocycles. The van der Waals surface area contributed by atoms with Crippen LogP contribution in [0.25, 0.3) is 11.0 Å². The summed E-state index contributed by atoms with van der Waals surface area (Å²) in [4.78, 5) is 29.5. The molecule has 7 nitrogen and oxygen atoms in total. The van der Waals surface area contributed by atoms with Crippen molar-refractivity contribution < 1.29 is 23.4 Å². The summed E-state index contributed by atoms with van der Waals surface area (Å²) in [5.74, 6) is 1.24. The standard InChI is InChI=1S/C33H27NO6/c1-20-12-14-26-25(16-20)31(35)29-30(34(33(36)32(29)40-26)23-10-7-11-24(18-23)37-2)22-13-15-27(28(17-22)38-3)39-19-21-8-5-4-6-9-21/h4-18,30H,19H2,1-3H3. The maximum Gasteiger partial charge on any atom is 0.295 e. The molecule has 1 amide bonds. The number of carbonyl (C=O) groups excluding carboxylic acids is 1. The van der Waals surface area contributed by atoms with Gasteiger partial charge in [0.25, 0.3) is 5.91 Å². The first kappa shape index (κ1) is 25.2. The van der Waals surface area contributed by atoms with Crippen LogP contribution in [0, 0.1) is 6.92 Å². The second kappa shape index (κ2) is 10.3. The van der Waals surface area contributed by atoms with Crippen molar-refractivity contribution in [2.24, 2.45) is 0 Å². The van der Waals surface area contributed by atoms with Gasteiger partial charge in [-0.15, -0.1) is 0 Å². The maximum atomic E-state index is 14.0. The molecule has 1 aromatic heterocycles. The minimum absolute atomic E-state index is 0.0255. The van der Waals surface area contributed by atoms with Crippen molar-refractivity contribution >= 4 is 22.6 Å². The first-order valence-electron chi connectivity index (χ1n) is 12.9. The molecule has 6 rings (SSSR count). The smallest absolute Gasteiger partial charge is 0.295 e. The highest BCUT2D eigenvalue weighted by Crippen LogP contribution is 2.44. The number of fused-ring (bicyclic) bond motifs is 2. The van der Waals surface area contributed by atoms with E-state index in [1.807, 2.05) is 55.5 Å². The van der Waals surface area contributed by atoms with Crippen molar-refractivity contribution in [2.45, 2.75) is 19.6 Å². The van der Waals surface area contributed by atoms with Gasteiger partial charge in [0.1, 0.15) is 17.9 Å². The lowest BCUT2D eigenvalue weighted by molar-refractivity contribution is 0.0971. The molecule has 0 bridgehead atoms. The van der Waals surface area contributed by atoms with Gasteiger partial charge in [-0.05, 0) is 54.4 Å². The van der Waals surface area contributed by atoms with E-state index in [2.05, 4.69) is 0 Å². The van der Waals surface area contributed by atoms with Crippen LogP contribution in [0.1, 0.15) is 38.9 Å². The minimum atomic E-state index is -0.757. The molecule has 200 valence electrons. The molecule has 0 fully saturated rings. The third-order valence-corrected chi connectivity index (χ3v) is 7.10. The molecule has 1 atom stereocenters.